The summed E-state index contributed by atoms with van der Waals surface area (Å²) in [5.41, 5.74) is 1.67. The zero-order valence-electron chi connectivity index (χ0n) is 12.7. The lowest BCUT2D eigenvalue weighted by Gasteiger charge is -2.03. The van der Waals surface area contributed by atoms with E-state index in [-0.39, 0.29) is 17.2 Å². The second kappa shape index (κ2) is 6.33. The molecule has 3 rings (SSSR count). The quantitative estimate of drug-likeness (QED) is 0.489. The van der Waals surface area contributed by atoms with Gasteiger partial charge in [0.25, 0.3) is 5.56 Å². The number of fused-ring (bicyclic) bond motifs is 1. The fourth-order valence-electron chi connectivity index (χ4n) is 2.15. The summed E-state index contributed by atoms with van der Waals surface area (Å²) in [6.07, 6.45) is 0. The number of aromatic nitrogens is 3. The minimum atomic E-state index is -0.239. The monoisotopic (exact) mass is 332 g/mol. The van der Waals surface area contributed by atoms with Crippen molar-refractivity contribution < 1.29 is 9.21 Å². The molecule has 0 radical (unpaired) electrons. The van der Waals surface area contributed by atoms with Crippen molar-refractivity contribution in [1.29, 1.82) is 0 Å². The molecule has 3 heterocycles. The highest BCUT2D eigenvalue weighted by Crippen LogP contribution is 2.15. The van der Waals surface area contributed by atoms with Crippen molar-refractivity contribution in [3.8, 4) is 0 Å². The van der Waals surface area contributed by atoms with Crippen LogP contribution < -0.4 is 10.9 Å². The zero-order chi connectivity index (χ0) is 16.4. The van der Waals surface area contributed by atoms with Gasteiger partial charge in [0.05, 0.1) is 17.8 Å². The van der Waals surface area contributed by atoms with Crippen molar-refractivity contribution >= 4 is 28.7 Å². The third-order valence-corrected chi connectivity index (χ3v) is 4.07. The molecular formula is C15H16N4O3S. The number of carbonyl (C=O) groups is 1. The second-order valence-electron chi connectivity index (χ2n) is 5.16. The fourth-order valence-corrected chi connectivity index (χ4v) is 2.85. The Morgan fingerprint density at radius 2 is 2.17 bits per heavy atom. The van der Waals surface area contributed by atoms with Crippen LogP contribution >= 0.6 is 11.8 Å². The normalized spacial score (nSPS) is 11.0. The van der Waals surface area contributed by atoms with Crippen LogP contribution in [0.2, 0.25) is 0 Å². The van der Waals surface area contributed by atoms with Gasteiger partial charge in [0.1, 0.15) is 17.0 Å². The summed E-state index contributed by atoms with van der Waals surface area (Å²) in [7, 11) is 0. The maximum Gasteiger partial charge on any atom is 0.275 e. The van der Waals surface area contributed by atoms with Gasteiger partial charge in [-0.05, 0) is 32.0 Å². The predicted octanol–water partition coefficient (Wildman–Crippen LogP) is 1.87. The van der Waals surface area contributed by atoms with Gasteiger partial charge >= 0.3 is 0 Å². The summed E-state index contributed by atoms with van der Waals surface area (Å²) in [5.74, 6) is 1.52. The van der Waals surface area contributed by atoms with E-state index < -0.39 is 0 Å². The molecule has 0 spiro atoms. The Hall–Kier alpha value is -2.48. The minimum Gasteiger partial charge on any atom is -0.465 e. The molecule has 1 amide bonds. The van der Waals surface area contributed by atoms with Crippen LogP contribution in [0.25, 0.3) is 11.0 Å². The van der Waals surface area contributed by atoms with Crippen LogP contribution in [0.4, 0.5) is 0 Å². The van der Waals surface area contributed by atoms with Crippen molar-refractivity contribution in [2.45, 2.75) is 25.5 Å². The third-order valence-electron chi connectivity index (χ3n) is 3.20. The summed E-state index contributed by atoms with van der Waals surface area (Å²) in [6, 6.07) is 5.47. The molecule has 0 saturated carbocycles. The third kappa shape index (κ3) is 3.65. The van der Waals surface area contributed by atoms with Crippen LogP contribution in [-0.4, -0.2) is 26.6 Å². The lowest BCUT2D eigenvalue weighted by molar-refractivity contribution is -0.118. The van der Waals surface area contributed by atoms with E-state index in [1.807, 2.05) is 26.0 Å². The van der Waals surface area contributed by atoms with E-state index >= 15 is 0 Å². The average molecular weight is 332 g/mol. The highest BCUT2D eigenvalue weighted by atomic mass is 32.2. The molecule has 0 aliphatic carbocycles. The Balaban J connectivity index is 1.59. The number of hydrogen-bond acceptors (Lipinski definition) is 5. The molecule has 0 bridgehead atoms. The summed E-state index contributed by atoms with van der Waals surface area (Å²) in [6.45, 7) is 4.05. The minimum absolute atomic E-state index is 0.156. The molecule has 0 atom stereocenters. The highest BCUT2D eigenvalue weighted by molar-refractivity contribution is 7.99. The highest BCUT2D eigenvalue weighted by Gasteiger charge is 2.09. The van der Waals surface area contributed by atoms with E-state index in [1.54, 1.807) is 6.07 Å². The van der Waals surface area contributed by atoms with Gasteiger partial charge in [0.15, 0.2) is 5.16 Å². The van der Waals surface area contributed by atoms with Crippen LogP contribution in [0.3, 0.4) is 0 Å². The first-order chi connectivity index (χ1) is 11.0. The Kier molecular flexibility index (Phi) is 4.24. The van der Waals surface area contributed by atoms with Crippen LogP contribution in [0.5, 0.6) is 0 Å². The summed E-state index contributed by atoms with van der Waals surface area (Å²) in [4.78, 5) is 33.7. The Morgan fingerprint density at radius 1 is 1.35 bits per heavy atom. The van der Waals surface area contributed by atoms with Gasteiger partial charge < -0.3 is 14.7 Å². The molecule has 7 nitrogen and oxygen atoms in total. The maximum atomic E-state index is 11.9. The lowest BCUT2D eigenvalue weighted by Crippen LogP contribution is -2.24. The largest absolute Gasteiger partial charge is 0.465 e. The number of H-pyrrole nitrogens is 2. The van der Waals surface area contributed by atoms with Gasteiger partial charge in [-0.25, -0.2) is 4.98 Å². The maximum absolute atomic E-state index is 11.9. The second-order valence-corrected chi connectivity index (χ2v) is 6.13. The number of rotatable bonds is 5. The number of thioether (sulfide) groups is 1. The molecular weight excluding hydrogens is 316 g/mol. The molecule has 0 aromatic carbocycles. The van der Waals surface area contributed by atoms with Crippen molar-refractivity contribution in [2.24, 2.45) is 0 Å². The SMILES string of the molecule is Cc1cc2nc(SCC(=O)NCc3ccc(C)o3)[nH]c(=O)c2[nH]1. The first-order valence-corrected chi connectivity index (χ1v) is 8.04. The van der Waals surface area contributed by atoms with Crippen LogP contribution in [0, 0.1) is 13.8 Å². The molecule has 120 valence electrons. The molecule has 0 fully saturated rings. The molecule has 3 aromatic heterocycles. The van der Waals surface area contributed by atoms with Gasteiger partial charge in [-0.3, -0.25) is 14.6 Å². The Bertz CT molecular complexity index is 909. The lowest BCUT2D eigenvalue weighted by atomic mass is 10.4. The van der Waals surface area contributed by atoms with Crippen molar-refractivity contribution in [1.82, 2.24) is 20.3 Å². The number of aryl methyl sites for hydroxylation is 2. The molecule has 3 N–H and O–H groups in total. The van der Waals surface area contributed by atoms with Crippen LogP contribution in [-0.2, 0) is 11.3 Å². The molecule has 3 aromatic rings. The van der Waals surface area contributed by atoms with Crippen molar-refractivity contribution in [3.05, 3.63) is 45.8 Å². The number of furan rings is 1. The van der Waals surface area contributed by atoms with Gasteiger partial charge in [-0.1, -0.05) is 11.8 Å². The number of aromatic amines is 2. The van der Waals surface area contributed by atoms with Crippen LogP contribution in [0.1, 0.15) is 17.2 Å². The number of carbonyl (C=O) groups excluding carboxylic acids is 1. The van der Waals surface area contributed by atoms with E-state index in [2.05, 4.69) is 20.3 Å². The van der Waals surface area contributed by atoms with E-state index in [0.717, 1.165) is 11.5 Å². The first-order valence-electron chi connectivity index (χ1n) is 7.06. The Morgan fingerprint density at radius 3 is 2.91 bits per heavy atom. The number of hydrogen-bond donors (Lipinski definition) is 3. The first kappa shape index (κ1) is 15.4. The smallest absolute Gasteiger partial charge is 0.275 e. The summed E-state index contributed by atoms with van der Waals surface area (Å²) in [5, 5.41) is 3.18. The van der Waals surface area contributed by atoms with Gasteiger partial charge in [-0.15, -0.1) is 0 Å². The molecule has 0 aliphatic heterocycles. The number of nitrogens with one attached hydrogen (secondary N) is 3. The summed E-state index contributed by atoms with van der Waals surface area (Å²) >= 11 is 1.18. The zero-order valence-corrected chi connectivity index (χ0v) is 13.5. The van der Waals surface area contributed by atoms with E-state index in [1.165, 1.54) is 11.8 Å². The number of amides is 1. The van der Waals surface area contributed by atoms with Gasteiger partial charge in [0, 0.05) is 5.69 Å². The van der Waals surface area contributed by atoms with Gasteiger partial charge in [-0.2, -0.15) is 0 Å². The van der Waals surface area contributed by atoms with Gasteiger partial charge in [0.2, 0.25) is 5.91 Å². The topological polar surface area (TPSA) is 104 Å². The van der Waals surface area contributed by atoms with Crippen LogP contribution in [0.15, 0.2) is 32.6 Å². The van der Waals surface area contributed by atoms with E-state index in [9.17, 15) is 9.59 Å². The molecule has 0 unspecified atom stereocenters. The fraction of sp³-hybridized carbons (Fsp3) is 0.267. The predicted molar refractivity (Wildman–Crippen MR) is 87.5 cm³/mol. The van der Waals surface area contributed by atoms with Crippen molar-refractivity contribution in [3.63, 3.8) is 0 Å². The van der Waals surface area contributed by atoms with E-state index in [0.29, 0.717) is 28.5 Å². The Labute approximate surface area is 135 Å². The van der Waals surface area contributed by atoms with E-state index in [4.69, 9.17) is 4.42 Å². The summed E-state index contributed by atoms with van der Waals surface area (Å²) < 4.78 is 5.38. The standard InChI is InChI=1S/C15H16N4O3S/c1-8-5-11-13(17-8)14(21)19-15(18-11)23-7-12(20)16-6-10-4-3-9(2)22-10/h3-5,17H,6-7H2,1-2H3,(H,16,20)(H,18,19,21). The molecule has 0 aliphatic rings. The average Bonchev–Trinajstić information content (AvgIpc) is 3.08. The number of nitrogens with zero attached hydrogens (tertiary/aromatic N) is 1. The molecule has 23 heavy (non-hydrogen) atoms. The molecule has 0 saturated heterocycles. The molecule has 8 heteroatoms. The van der Waals surface area contributed by atoms with Crippen molar-refractivity contribution in [2.75, 3.05) is 5.75 Å².